The lowest BCUT2D eigenvalue weighted by molar-refractivity contribution is 0.0304. The Labute approximate surface area is 171 Å². The summed E-state index contributed by atoms with van der Waals surface area (Å²) in [6, 6.07) is 4.46. The van der Waals surface area contributed by atoms with Crippen LogP contribution in [0, 0.1) is 34.6 Å². The van der Waals surface area contributed by atoms with E-state index >= 15 is 0 Å². The molecule has 1 saturated heterocycles. The zero-order valence-electron chi connectivity index (χ0n) is 17.9. The van der Waals surface area contributed by atoms with Crippen LogP contribution in [0.25, 0.3) is 5.65 Å². The number of amides is 1. The Morgan fingerprint density at radius 2 is 1.69 bits per heavy atom. The number of benzene rings is 1. The third kappa shape index (κ3) is 3.53. The highest BCUT2D eigenvalue weighted by Crippen LogP contribution is 2.25. The number of rotatable bonds is 3. The average Bonchev–Trinajstić information content (AvgIpc) is 3.10. The summed E-state index contributed by atoms with van der Waals surface area (Å²) in [6.07, 6.45) is 2.46. The molecule has 0 unspecified atom stereocenters. The molecule has 0 bridgehead atoms. The minimum absolute atomic E-state index is 0.0208. The Kier molecular flexibility index (Phi) is 5.13. The number of carbonyl (C=O) groups excluding carboxylic acids is 1. The van der Waals surface area contributed by atoms with Crippen molar-refractivity contribution in [2.75, 3.05) is 26.3 Å². The predicted molar refractivity (Wildman–Crippen MR) is 113 cm³/mol. The second-order valence-corrected chi connectivity index (χ2v) is 8.01. The molecular formula is C23H28N4O2. The minimum atomic E-state index is -0.0208. The molecule has 0 aliphatic carbocycles. The highest BCUT2D eigenvalue weighted by Gasteiger charge is 2.24. The number of hydrogen-bond donors (Lipinski definition) is 0. The van der Waals surface area contributed by atoms with Crippen molar-refractivity contribution in [2.24, 2.45) is 0 Å². The molecule has 6 heteroatoms. The molecule has 0 radical (unpaired) electrons. The van der Waals surface area contributed by atoms with Crippen LogP contribution in [0.4, 0.5) is 0 Å². The first-order valence-electron chi connectivity index (χ1n) is 10.1. The third-order valence-electron chi connectivity index (χ3n) is 5.93. The largest absolute Gasteiger partial charge is 0.378 e. The smallest absolute Gasteiger partial charge is 0.259 e. The molecule has 29 heavy (non-hydrogen) atoms. The van der Waals surface area contributed by atoms with E-state index in [1.165, 1.54) is 27.8 Å². The maximum atomic E-state index is 13.0. The molecule has 1 aliphatic heterocycles. The van der Waals surface area contributed by atoms with Crippen LogP contribution in [0.3, 0.4) is 0 Å². The summed E-state index contributed by atoms with van der Waals surface area (Å²) in [6.45, 7) is 12.9. The Morgan fingerprint density at radius 3 is 2.34 bits per heavy atom. The fourth-order valence-electron chi connectivity index (χ4n) is 4.32. The van der Waals surface area contributed by atoms with Crippen molar-refractivity contribution in [1.82, 2.24) is 19.5 Å². The molecule has 1 aliphatic rings. The molecule has 3 aromatic rings. The molecule has 0 atom stereocenters. The number of aromatic nitrogens is 3. The second kappa shape index (κ2) is 7.59. The van der Waals surface area contributed by atoms with Gasteiger partial charge < -0.3 is 9.64 Å². The quantitative estimate of drug-likeness (QED) is 0.686. The summed E-state index contributed by atoms with van der Waals surface area (Å²) >= 11 is 0. The molecule has 6 nitrogen and oxygen atoms in total. The van der Waals surface area contributed by atoms with Gasteiger partial charge in [0.15, 0.2) is 5.65 Å². The highest BCUT2D eigenvalue weighted by molar-refractivity contribution is 5.99. The van der Waals surface area contributed by atoms with Crippen molar-refractivity contribution >= 4 is 11.6 Å². The van der Waals surface area contributed by atoms with E-state index in [9.17, 15) is 4.79 Å². The van der Waals surface area contributed by atoms with Gasteiger partial charge in [-0.25, -0.2) is 9.50 Å². The van der Waals surface area contributed by atoms with Crippen molar-refractivity contribution in [3.63, 3.8) is 0 Å². The van der Waals surface area contributed by atoms with Gasteiger partial charge in [0.2, 0.25) is 0 Å². The monoisotopic (exact) mass is 392 g/mol. The first-order chi connectivity index (χ1) is 13.9. The Bertz CT molecular complexity index is 1070. The number of fused-ring (bicyclic) bond motifs is 1. The van der Waals surface area contributed by atoms with Crippen molar-refractivity contribution in [2.45, 2.75) is 41.0 Å². The van der Waals surface area contributed by atoms with Crippen LogP contribution in [0.1, 0.15) is 49.6 Å². The molecule has 1 fully saturated rings. The van der Waals surface area contributed by atoms with Crippen molar-refractivity contribution < 1.29 is 9.53 Å². The molecule has 2 aromatic heterocycles. The van der Waals surface area contributed by atoms with Crippen molar-refractivity contribution in [3.8, 4) is 0 Å². The fourth-order valence-corrected chi connectivity index (χ4v) is 4.32. The zero-order valence-corrected chi connectivity index (χ0v) is 17.9. The maximum absolute atomic E-state index is 13.0. The molecule has 4 rings (SSSR count). The molecule has 0 saturated carbocycles. The van der Waals surface area contributed by atoms with E-state index in [4.69, 9.17) is 9.72 Å². The van der Waals surface area contributed by atoms with Crippen molar-refractivity contribution in [1.29, 1.82) is 0 Å². The van der Waals surface area contributed by atoms with Crippen molar-refractivity contribution in [3.05, 3.63) is 63.1 Å². The van der Waals surface area contributed by atoms with Gasteiger partial charge in [0.1, 0.15) is 5.56 Å². The Hall–Kier alpha value is -2.73. The predicted octanol–water partition coefficient (Wildman–Crippen LogP) is 3.33. The number of carbonyl (C=O) groups is 1. The molecule has 1 amide bonds. The molecule has 3 heterocycles. The standard InChI is InChI=1S/C23H28N4O2/c1-14-10-15(2)19(16(3)11-14)12-20-17(4)25-22-21(13-24-27(22)18(20)5)23(28)26-6-8-29-9-7-26/h10-11,13H,6-9,12H2,1-5H3. The molecule has 0 spiro atoms. The first kappa shape index (κ1) is 19.6. The summed E-state index contributed by atoms with van der Waals surface area (Å²) in [5, 5.41) is 4.51. The van der Waals surface area contributed by atoms with E-state index < -0.39 is 0 Å². The van der Waals surface area contributed by atoms with Gasteiger partial charge in [-0.3, -0.25) is 4.79 Å². The van der Waals surface area contributed by atoms with E-state index in [0.717, 1.165) is 17.8 Å². The van der Waals surface area contributed by atoms with Gasteiger partial charge in [-0.05, 0) is 56.9 Å². The van der Waals surface area contributed by atoms with Crippen LogP contribution in [-0.2, 0) is 11.2 Å². The number of hydrogen-bond acceptors (Lipinski definition) is 4. The maximum Gasteiger partial charge on any atom is 0.259 e. The number of nitrogens with zero attached hydrogens (tertiary/aromatic N) is 4. The topological polar surface area (TPSA) is 59.7 Å². The molecule has 1 aromatic carbocycles. The van der Waals surface area contributed by atoms with Crippen LogP contribution in [-0.4, -0.2) is 51.7 Å². The van der Waals surface area contributed by atoms with Crippen LogP contribution < -0.4 is 0 Å². The van der Waals surface area contributed by atoms with Gasteiger partial charge >= 0.3 is 0 Å². The molecule has 0 N–H and O–H groups in total. The summed E-state index contributed by atoms with van der Waals surface area (Å²) in [7, 11) is 0. The van der Waals surface area contributed by atoms with E-state index in [0.29, 0.717) is 37.5 Å². The van der Waals surface area contributed by atoms with E-state index in [-0.39, 0.29) is 5.91 Å². The number of morpholine rings is 1. The fraction of sp³-hybridized carbons (Fsp3) is 0.435. The van der Waals surface area contributed by atoms with E-state index in [2.05, 4.69) is 44.9 Å². The van der Waals surface area contributed by atoms with Gasteiger partial charge in [-0.1, -0.05) is 17.7 Å². The molecular weight excluding hydrogens is 364 g/mol. The minimum Gasteiger partial charge on any atom is -0.378 e. The summed E-state index contributed by atoms with van der Waals surface area (Å²) in [5.41, 5.74) is 9.56. The highest BCUT2D eigenvalue weighted by atomic mass is 16.5. The van der Waals surface area contributed by atoms with Crippen LogP contribution >= 0.6 is 0 Å². The van der Waals surface area contributed by atoms with Crippen LogP contribution in [0.2, 0.25) is 0 Å². The summed E-state index contributed by atoms with van der Waals surface area (Å²) < 4.78 is 7.18. The van der Waals surface area contributed by atoms with Crippen LogP contribution in [0.15, 0.2) is 18.3 Å². The van der Waals surface area contributed by atoms with E-state index in [1.54, 1.807) is 6.20 Å². The summed E-state index contributed by atoms with van der Waals surface area (Å²) in [5.74, 6) is -0.0208. The van der Waals surface area contributed by atoms with Gasteiger partial charge in [0.25, 0.3) is 5.91 Å². The van der Waals surface area contributed by atoms with Gasteiger partial charge in [0, 0.05) is 30.9 Å². The van der Waals surface area contributed by atoms with Crippen LogP contribution in [0.5, 0.6) is 0 Å². The second-order valence-electron chi connectivity index (χ2n) is 8.01. The SMILES string of the molecule is Cc1cc(C)c(Cc2c(C)nc3c(C(=O)N4CCOCC4)cnn3c2C)c(C)c1. The lowest BCUT2D eigenvalue weighted by Crippen LogP contribution is -2.40. The third-order valence-corrected chi connectivity index (χ3v) is 5.93. The normalized spacial score (nSPS) is 14.6. The Balaban J connectivity index is 1.74. The first-order valence-corrected chi connectivity index (χ1v) is 10.1. The van der Waals surface area contributed by atoms with Gasteiger partial charge in [-0.2, -0.15) is 5.10 Å². The molecule has 152 valence electrons. The Morgan fingerprint density at radius 1 is 1.03 bits per heavy atom. The number of aryl methyl sites for hydroxylation is 5. The summed E-state index contributed by atoms with van der Waals surface area (Å²) in [4.78, 5) is 19.6. The number of ether oxygens (including phenoxy) is 1. The lowest BCUT2D eigenvalue weighted by Gasteiger charge is -2.26. The average molecular weight is 393 g/mol. The lowest BCUT2D eigenvalue weighted by atomic mass is 9.93. The van der Waals surface area contributed by atoms with Gasteiger partial charge in [0.05, 0.1) is 19.4 Å². The van der Waals surface area contributed by atoms with E-state index in [1.807, 2.05) is 16.3 Å². The zero-order chi connectivity index (χ0) is 20.7. The van der Waals surface area contributed by atoms with Gasteiger partial charge in [-0.15, -0.1) is 0 Å².